The fourth-order valence-corrected chi connectivity index (χ4v) is 1.44. The quantitative estimate of drug-likeness (QED) is 0.837. The van der Waals surface area contributed by atoms with Crippen LogP contribution in [0.4, 0.5) is 0 Å². The fourth-order valence-electron chi connectivity index (χ4n) is 0.895. The molecule has 13 heavy (non-hydrogen) atoms. The van der Waals surface area contributed by atoms with Crippen LogP contribution in [-0.2, 0) is 0 Å². The second-order valence-electron chi connectivity index (χ2n) is 2.49. The largest absolute Gasteiger partial charge is 0.394 e. The van der Waals surface area contributed by atoms with Crippen LogP contribution in [-0.4, -0.2) is 11.7 Å². The molecule has 1 aromatic rings. The molecule has 0 saturated heterocycles. The van der Waals surface area contributed by atoms with Crippen molar-refractivity contribution in [2.45, 2.75) is 6.04 Å². The van der Waals surface area contributed by atoms with E-state index >= 15 is 0 Å². The van der Waals surface area contributed by atoms with E-state index in [-0.39, 0.29) is 19.0 Å². The van der Waals surface area contributed by atoms with E-state index in [0.717, 1.165) is 5.56 Å². The highest BCUT2D eigenvalue weighted by atomic mass is 35.5. The van der Waals surface area contributed by atoms with E-state index in [4.69, 9.17) is 34.0 Å². The van der Waals surface area contributed by atoms with Gasteiger partial charge in [-0.05, 0) is 23.8 Å². The first-order valence-corrected chi connectivity index (χ1v) is 4.21. The van der Waals surface area contributed by atoms with E-state index in [9.17, 15) is 0 Å². The Bertz CT molecular complexity index is 260. The smallest absolute Gasteiger partial charge is 0.0624 e. The SMILES string of the molecule is Cl.N[C@@H](CO)c1cc(Cl)cc(Cl)c1. The number of benzene rings is 1. The molecular formula is C8H10Cl3NO. The molecule has 2 nitrogen and oxygen atoms in total. The third-order valence-corrected chi connectivity index (χ3v) is 1.95. The molecule has 0 bridgehead atoms. The van der Waals surface area contributed by atoms with Crippen LogP contribution in [0.1, 0.15) is 11.6 Å². The Morgan fingerprint density at radius 3 is 2.08 bits per heavy atom. The highest BCUT2D eigenvalue weighted by molar-refractivity contribution is 6.34. The van der Waals surface area contributed by atoms with Gasteiger partial charge in [0.25, 0.3) is 0 Å². The average Bonchev–Trinajstić information content (AvgIpc) is 2.01. The summed E-state index contributed by atoms with van der Waals surface area (Å²) in [5.74, 6) is 0. The van der Waals surface area contributed by atoms with Crippen LogP contribution in [0.3, 0.4) is 0 Å². The molecule has 5 heteroatoms. The maximum Gasteiger partial charge on any atom is 0.0624 e. The fraction of sp³-hybridized carbons (Fsp3) is 0.250. The monoisotopic (exact) mass is 241 g/mol. The van der Waals surface area contributed by atoms with E-state index in [1.807, 2.05) is 0 Å². The summed E-state index contributed by atoms with van der Waals surface area (Å²) in [7, 11) is 0. The molecule has 0 aliphatic heterocycles. The molecule has 0 heterocycles. The van der Waals surface area contributed by atoms with E-state index in [0.29, 0.717) is 10.0 Å². The van der Waals surface area contributed by atoms with Gasteiger partial charge in [0, 0.05) is 10.0 Å². The number of nitrogens with two attached hydrogens (primary N) is 1. The topological polar surface area (TPSA) is 46.2 Å². The van der Waals surface area contributed by atoms with Crippen molar-refractivity contribution in [1.29, 1.82) is 0 Å². The number of halogens is 3. The molecule has 0 aromatic heterocycles. The number of hydrogen-bond acceptors (Lipinski definition) is 2. The van der Waals surface area contributed by atoms with Gasteiger partial charge in [0.15, 0.2) is 0 Å². The molecule has 1 rings (SSSR count). The highest BCUT2D eigenvalue weighted by Gasteiger charge is 2.05. The van der Waals surface area contributed by atoms with E-state index < -0.39 is 6.04 Å². The summed E-state index contributed by atoms with van der Waals surface area (Å²) in [5, 5.41) is 9.82. The van der Waals surface area contributed by atoms with E-state index in [1.54, 1.807) is 18.2 Å². The van der Waals surface area contributed by atoms with Crippen molar-refractivity contribution in [2.24, 2.45) is 5.73 Å². The summed E-state index contributed by atoms with van der Waals surface area (Å²) in [5.41, 5.74) is 6.31. The molecule has 0 aliphatic carbocycles. The molecule has 0 fully saturated rings. The van der Waals surface area contributed by atoms with Crippen molar-refractivity contribution < 1.29 is 5.11 Å². The lowest BCUT2D eigenvalue weighted by molar-refractivity contribution is 0.268. The molecular weight excluding hydrogens is 232 g/mol. The molecule has 0 radical (unpaired) electrons. The third-order valence-electron chi connectivity index (χ3n) is 1.51. The van der Waals surface area contributed by atoms with Crippen molar-refractivity contribution in [3.8, 4) is 0 Å². The van der Waals surface area contributed by atoms with Gasteiger partial charge in [-0.3, -0.25) is 0 Å². The molecule has 0 saturated carbocycles. The second kappa shape index (κ2) is 5.68. The van der Waals surface area contributed by atoms with Gasteiger partial charge in [0.05, 0.1) is 12.6 Å². The highest BCUT2D eigenvalue weighted by Crippen LogP contribution is 2.22. The molecule has 0 aliphatic rings. The lowest BCUT2D eigenvalue weighted by Crippen LogP contribution is -2.14. The van der Waals surface area contributed by atoms with Crippen LogP contribution in [0, 0.1) is 0 Å². The Kier molecular flexibility index (Phi) is 5.68. The van der Waals surface area contributed by atoms with Crippen molar-refractivity contribution in [3.05, 3.63) is 33.8 Å². The average molecular weight is 243 g/mol. The number of aliphatic hydroxyl groups excluding tert-OH is 1. The van der Waals surface area contributed by atoms with Crippen molar-refractivity contribution in [2.75, 3.05) is 6.61 Å². The Morgan fingerprint density at radius 1 is 1.23 bits per heavy atom. The first-order chi connectivity index (χ1) is 5.63. The maximum absolute atomic E-state index is 8.76. The molecule has 1 atom stereocenters. The second-order valence-corrected chi connectivity index (χ2v) is 3.36. The van der Waals surface area contributed by atoms with Crippen LogP contribution in [0.5, 0.6) is 0 Å². The Hall–Kier alpha value is 0.01000. The van der Waals surface area contributed by atoms with Gasteiger partial charge in [-0.25, -0.2) is 0 Å². The summed E-state index contributed by atoms with van der Waals surface area (Å²) < 4.78 is 0. The van der Waals surface area contributed by atoms with E-state index in [1.165, 1.54) is 0 Å². The van der Waals surface area contributed by atoms with Crippen LogP contribution in [0.25, 0.3) is 0 Å². The third kappa shape index (κ3) is 3.71. The first-order valence-electron chi connectivity index (χ1n) is 3.46. The Labute approximate surface area is 93.1 Å². The summed E-state index contributed by atoms with van der Waals surface area (Å²) in [4.78, 5) is 0. The van der Waals surface area contributed by atoms with Gasteiger partial charge in [0.2, 0.25) is 0 Å². The van der Waals surface area contributed by atoms with Gasteiger partial charge in [-0.15, -0.1) is 12.4 Å². The summed E-state index contributed by atoms with van der Waals surface area (Å²) in [6, 6.07) is 4.58. The Morgan fingerprint density at radius 2 is 1.69 bits per heavy atom. The van der Waals surface area contributed by atoms with Crippen molar-refractivity contribution in [3.63, 3.8) is 0 Å². The van der Waals surface area contributed by atoms with Crippen molar-refractivity contribution in [1.82, 2.24) is 0 Å². The zero-order valence-corrected chi connectivity index (χ0v) is 9.03. The minimum absolute atomic E-state index is 0. The first kappa shape index (κ1) is 13.0. The zero-order valence-electron chi connectivity index (χ0n) is 6.71. The molecule has 0 amide bonds. The van der Waals surface area contributed by atoms with Gasteiger partial charge in [0.1, 0.15) is 0 Å². The number of hydrogen-bond donors (Lipinski definition) is 2. The molecule has 74 valence electrons. The number of rotatable bonds is 2. The van der Waals surface area contributed by atoms with Gasteiger partial charge >= 0.3 is 0 Å². The maximum atomic E-state index is 8.76. The molecule has 0 unspecified atom stereocenters. The lowest BCUT2D eigenvalue weighted by Gasteiger charge is -2.08. The molecule has 1 aromatic carbocycles. The van der Waals surface area contributed by atoms with Crippen LogP contribution in [0.2, 0.25) is 10.0 Å². The van der Waals surface area contributed by atoms with Crippen LogP contribution >= 0.6 is 35.6 Å². The molecule has 3 N–H and O–H groups in total. The zero-order chi connectivity index (χ0) is 9.14. The van der Waals surface area contributed by atoms with E-state index in [2.05, 4.69) is 0 Å². The van der Waals surface area contributed by atoms with Gasteiger partial charge in [-0.1, -0.05) is 23.2 Å². The minimum Gasteiger partial charge on any atom is -0.394 e. The van der Waals surface area contributed by atoms with Crippen LogP contribution in [0.15, 0.2) is 18.2 Å². The predicted molar refractivity (Wildman–Crippen MR) is 57.7 cm³/mol. The summed E-state index contributed by atoms with van der Waals surface area (Å²) in [6.07, 6.45) is 0. The lowest BCUT2D eigenvalue weighted by atomic mass is 10.1. The molecule has 0 spiro atoms. The summed E-state index contributed by atoms with van der Waals surface area (Å²) in [6.45, 7) is -0.114. The summed E-state index contributed by atoms with van der Waals surface area (Å²) >= 11 is 11.5. The predicted octanol–water partition coefficient (Wildman–Crippen LogP) is 2.41. The normalized spacial score (nSPS) is 12.0. The standard InChI is InChI=1S/C8H9Cl2NO.ClH/c9-6-1-5(8(11)4-12)2-7(10)3-6;/h1-3,8,12H,4,11H2;1H/t8-;/m0./s1. The van der Waals surface area contributed by atoms with Gasteiger partial charge in [-0.2, -0.15) is 0 Å². The number of aliphatic hydroxyl groups is 1. The Balaban J connectivity index is 0.00000144. The van der Waals surface area contributed by atoms with Crippen molar-refractivity contribution >= 4 is 35.6 Å². The minimum atomic E-state index is -0.416. The van der Waals surface area contributed by atoms with Crippen LogP contribution < -0.4 is 5.73 Å². The van der Waals surface area contributed by atoms with Gasteiger partial charge < -0.3 is 10.8 Å².